The van der Waals surface area contributed by atoms with Crippen LogP contribution in [0.15, 0.2) is 0 Å². The lowest BCUT2D eigenvalue weighted by Gasteiger charge is -2.43. The Labute approximate surface area is 103 Å². The van der Waals surface area contributed by atoms with Crippen LogP contribution in [0.3, 0.4) is 0 Å². The molecular weight excluding hydrogens is 218 g/mol. The van der Waals surface area contributed by atoms with Gasteiger partial charge in [0.2, 0.25) is 0 Å². The third-order valence-corrected chi connectivity index (χ3v) is 4.44. The molecular formula is C13H23NO3. The maximum atomic E-state index is 11.3. The Hall–Kier alpha value is -0.610. The zero-order valence-electron chi connectivity index (χ0n) is 10.6. The minimum atomic E-state index is -0.979. The fourth-order valence-electron chi connectivity index (χ4n) is 3.50. The van der Waals surface area contributed by atoms with Crippen LogP contribution in [0.25, 0.3) is 0 Å². The Morgan fingerprint density at radius 3 is 2.94 bits per heavy atom. The maximum Gasteiger partial charge on any atom is 0.309 e. The largest absolute Gasteiger partial charge is 0.481 e. The summed E-state index contributed by atoms with van der Waals surface area (Å²) in [6, 6.07) is 0.410. The summed E-state index contributed by atoms with van der Waals surface area (Å²) in [5.41, 5.74) is -0.979. The summed E-state index contributed by atoms with van der Waals surface area (Å²) in [7, 11) is 0. The van der Waals surface area contributed by atoms with Crippen LogP contribution in [-0.2, 0) is 4.79 Å². The van der Waals surface area contributed by atoms with Crippen LogP contribution < -0.4 is 0 Å². The number of aliphatic hydroxyl groups is 1. The van der Waals surface area contributed by atoms with Crippen molar-refractivity contribution in [3.8, 4) is 0 Å². The van der Waals surface area contributed by atoms with Gasteiger partial charge in [0.15, 0.2) is 0 Å². The first-order valence-electron chi connectivity index (χ1n) is 6.76. The van der Waals surface area contributed by atoms with E-state index >= 15 is 0 Å². The number of carboxylic acids is 1. The van der Waals surface area contributed by atoms with E-state index in [0.717, 1.165) is 25.9 Å². The molecule has 2 rings (SSSR count). The van der Waals surface area contributed by atoms with Gasteiger partial charge < -0.3 is 15.1 Å². The molecule has 3 atom stereocenters. The van der Waals surface area contributed by atoms with E-state index < -0.39 is 17.5 Å². The number of hydrogen-bond donors (Lipinski definition) is 2. The molecule has 4 nitrogen and oxygen atoms in total. The lowest BCUT2D eigenvalue weighted by molar-refractivity contribution is -0.158. The summed E-state index contributed by atoms with van der Waals surface area (Å²) < 4.78 is 0. The average molecular weight is 241 g/mol. The number of rotatable bonds is 4. The fraction of sp³-hybridized carbons (Fsp3) is 0.923. The second-order valence-corrected chi connectivity index (χ2v) is 5.57. The van der Waals surface area contributed by atoms with Gasteiger partial charge in [0.05, 0.1) is 11.5 Å². The van der Waals surface area contributed by atoms with E-state index in [2.05, 4.69) is 4.90 Å². The minimum Gasteiger partial charge on any atom is -0.481 e. The van der Waals surface area contributed by atoms with Crippen LogP contribution in [0.2, 0.25) is 0 Å². The van der Waals surface area contributed by atoms with Crippen molar-refractivity contribution >= 4 is 5.97 Å². The number of fused-ring (bicyclic) bond motifs is 1. The van der Waals surface area contributed by atoms with Gasteiger partial charge in [-0.15, -0.1) is 0 Å². The molecule has 0 aromatic heterocycles. The Bertz CT molecular complexity index is 294. The van der Waals surface area contributed by atoms with E-state index in [-0.39, 0.29) is 0 Å². The van der Waals surface area contributed by atoms with Crippen LogP contribution in [0, 0.1) is 5.92 Å². The quantitative estimate of drug-likeness (QED) is 0.782. The number of carbonyl (C=O) groups is 1. The summed E-state index contributed by atoms with van der Waals surface area (Å²) in [5.74, 6) is -1.42. The van der Waals surface area contributed by atoms with Crippen molar-refractivity contribution in [2.45, 2.75) is 57.1 Å². The van der Waals surface area contributed by atoms with Gasteiger partial charge in [-0.3, -0.25) is 4.79 Å². The molecule has 2 heterocycles. The molecule has 17 heavy (non-hydrogen) atoms. The summed E-state index contributed by atoms with van der Waals surface area (Å²) in [5, 5.41) is 20.0. The zero-order valence-corrected chi connectivity index (χ0v) is 10.6. The Kier molecular flexibility index (Phi) is 3.73. The maximum absolute atomic E-state index is 11.3. The number of hydrogen-bond acceptors (Lipinski definition) is 3. The van der Waals surface area contributed by atoms with Crippen LogP contribution in [0.1, 0.15) is 45.4 Å². The molecule has 98 valence electrons. The molecule has 0 amide bonds. The van der Waals surface area contributed by atoms with Crippen LogP contribution in [0.5, 0.6) is 0 Å². The minimum absolute atomic E-state index is 0.410. The third-order valence-electron chi connectivity index (χ3n) is 4.44. The number of piperidine rings is 1. The normalized spacial score (nSPS) is 35.5. The van der Waals surface area contributed by atoms with Crippen LogP contribution >= 0.6 is 0 Å². The lowest BCUT2D eigenvalue weighted by Crippen LogP contribution is -2.53. The molecule has 2 fully saturated rings. The predicted molar refractivity (Wildman–Crippen MR) is 64.8 cm³/mol. The topological polar surface area (TPSA) is 60.8 Å². The van der Waals surface area contributed by atoms with Crippen molar-refractivity contribution in [1.82, 2.24) is 4.90 Å². The molecule has 0 bridgehead atoms. The monoisotopic (exact) mass is 241 g/mol. The van der Waals surface area contributed by atoms with Gasteiger partial charge in [0, 0.05) is 12.6 Å². The number of nitrogens with zero attached hydrogens (tertiary/aromatic N) is 1. The second-order valence-electron chi connectivity index (χ2n) is 5.57. The van der Waals surface area contributed by atoms with Crippen LogP contribution in [0.4, 0.5) is 0 Å². The highest BCUT2D eigenvalue weighted by atomic mass is 16.4. The molecule has 2 saturated heterocycles. The van der Waals surface area contributed by atoms with E-state index in [1.54, 1.807) is 0 Å². The van der Waals surface area contributed by atoms with Crippen molar-refractivity contribution < 1.29 is 15.0 Å². The van der Waals surface area contributed by atoms with Gasteiger partial charge in [0.25, 0.3) is 0 Å². The van der Waals surface area contributed by atoms with E-state index in [9.17, 15) is 15.0 Å². The van der Waals surface area contributed by atoms with Crippen molar-refractivity contribution in [2.24, 2.45) is 5.92 Å². The molecule has 2 aliphatic rings. The average Bonchev–Trinajstić information content (AvgIpc) is 2.72. The summed E-state index contributed by atoms with van der Waals surface area (Å²) >= 11 is 0. The lowest BCUT2D eigenvalue weighted by atomic mass is 9.75. The summed E-state index contributed by atoms with van der Waals surface area (Å²) in [6.07, 6.45) is 4.95. The SMILES string of the molecule is CCCC(C(=O)O)C1(O)CCN2CCCC2C1. The number of aliphatic carboxylic acids is 1. The first kappa shape index (κ1) is 12.8. The second kappa shape index (κ2) is 4.94. The van der Waals surface area contributed by atoms with Crippen molar-refractivity contribution in [1.29, 1.82) is 0 Å². The molecule has 0 saturated carbocycles. The molecule has 2 N–H and O–H groups in total. The van der Waals surface area contributed by atoms with E-state index in [0.29, 0.717) is 25.3 Å². The Balaban J connectivity index is 2.08. The highest BCUT2D eigenvalue weighted by Crippen LogP contribution is 2.39. The molecule has 0 spiro atoms. The molecule has 0 aliphatic carbocycles. The molecule has 0 aromatic rings. The van der Waals surface area contributed by atoms with Gasteiger partial charge in [0.1, 0.15) is 0 Å². The van der Waals surface area contributed by atoms with Gasteiger partial charge in [-0.1, -0.05) is 13.3 Å². The molecule has 3 unspecified atom stereocenters. The highest BCUT2D eigenvalue weighted by Gasteiger charge is 2.47. The highest BCUT2D eigenvalue weighted by molar-refractivity contribution is 5.71. The molecule has 0 aromatic carbocycles. The standard InChI is InChI=1S/C13H23NO3/c1-2-4-11(12(15)16)13(17)6-8-14-7-3-5-10(14)9-13/h10-11,17H,2-9H2,1H3,(H,15,16). The fourth-order valence-corrected chi connectivity index (χ4v) is 3.50. The Morgan fingerprint density at radius 1 is 1.53 bits per heavy atom. The molecule has 0 radical (unpaired) electrons. The van der Waals surface area contributed by atoms with E-state index in [4.69, 9.17) is 0 Å². The van der Waals surface area contributed by atoms with Crippen molar-refractivity contribution in [3.05, 3.63) is 0 Å². The predicted octanol–water partition coefficient (Wildman–Crippen LogP) is 1.48. The van der Waals surface area contributed by atoms with Gasteiger partial charge in [-0.05, 0) is 38.6 Å². The first-order chi connectivity index (χ1) is 8.07. The molecule has 2 aliphatic heterocycles. The van der Waals surface area contributed by atoms with Gasteiger partial charge >= 0.3 is 5.97 Å². The summed E-state index contributed by atoms with van der Waals surface area (Å²) in [6.45, 7) is 3.95. The summed E-state index contributed by atoms with van der Waals surface area (Å²) in [4.78, 5) is 13.7. The van der Waals surface area contributed by atoms with E-state index in [1.807, 2.05) is 6.92 Å². The van der Waals surface area contributed by atoms with Gasteiger partial charge in [-0.25, -0.2) is 0 Å². The Morgan fingerprint density at radius 2 is 2.29 bits per heavy atom. The number of carboxylic acid groups (broad SMARTS) is 1. The van der Waals surface area contributed by atoms with Crippen molar-refractivity contribution in [2.75, 3.05) is 13.1 Å². The zero-order chi connectivity index (χ0) is 12.5. The smallest absolute Gasteiger partial charge is 0.309 e. The van der Waals surface area contributed by atoms with E-state index in [1.165, 1.54) is 6.42 Å². The molecule has 4 heteroatoms. The first-order valence-corrected chi connectivity index (χ1v) is 6.76. The third kappa shape index (κ3) is 2.47. The van der Waals surface area contributed by atoms with Crippen LogP contribution in [-0.4, -0.2) is 45.8 Å². The van der Waals surface area contributed by atoms with Gasteiger partial charge in [-0.2, -0.15) is 0 Å². The van der Waals surface area contributed by atoms with Crippen molar-refractivity contribution in [3.63, 3.8) is 0 Å².